The molecule has 78 valence electrons. The smallest absolute Gasteiger partial charge is 0.146 e. The van der Waals surface area contributed by atoms with E-state index in [9.17, 15) is 0 Å². The molecule has 0 saturated heterocycles. The molecule has 13 heavy (non-hydrogen) atoms. The third-order valence-corrected chi connectivity index (χ3v) is 5.07. The van der Waals surface area contributed by atoms with Gasteiger partial charge in [0, 0.05) is 28.2 Å². The number of hydrogen-bond acceptors (Lipinski definition) is 5. The molecule has 0 rings (SSSR count). The summed E-state index contributed by atoms with van der Waals surface area (Å²) < 4.78 is 1.67. The highest BCUT2D eigenvalue weighted by molar-refractivity contribution is 8.89. The molecule has 0 unspecified atom stereocenters. The van der Waals surface area contributed by atoms with Crippen LogP contribution in [0.2, 0.25) is 0 Å². The fraction of sp³-hybridized carbons (Fsp3) is 0.667. The topological polar surface area (TPSA) is 41.5 Å². The molecular weight excluding hydrogens is 242 g/mol. The lowest BCUT2D eigenvalue weighted by molar-refractivity contribution is 0.647. The molecule has 3 N–H and O–H groups in total. The molecular formula is C6H15N3S4. The van der Waals surface area contributed by atoms with Crippen LogP contribution in [0.3, 0.4) is 0 Å². The normalized spacial score (nSPS) is 8.62. The van der Waals surface area contributed by atoms with Gasteiger partial charge in [-0.25, -0.2) is 0 Å². The van der Waals surface area contributed by atoms with Gasteiger partial charge in [0.25, 0.3) is 0 Å². The largest absolute Gasteiger partial charge is 0.363 e. The maximum atomic E-state index is 5.07. The second kappa shape index (κ2) is 7.81. The molecule has 0 bridgehead atoms. The van der Waals surface area contributed by atoms with E-state index in [0.29, 0.717) is 0 Å². The van der Waals surface area contributed by atoms with E-state index in [2.05, 4.69) is 0 Å². The molecule has 0 aliphatic rings. The number of nitrogens with zero attached hydrogens (tertiary/aromatic N) is 2. The van der Waals surface area contributed by atoms with Crippen molar-refractivity contribution in [2.24, 2.45) is 0 Å². The molecule has 0 saturated carbocycles. The molecule has 0 aliphatic carbocycles. The summed E-state index contributed by atoms with van der Waals surface area (Å²) in [4.78, 5) is 3.79. The van der Waals surface area contributed by atoms with Crippen LogP contribution in [0.15, 0.2) is 0 Å². The molecule has 0 aromatic rings. The van der Waals surface area contributed by atoms with Crippen LogP contribution in [0.1, 0.15) is 0 Å². The highest BCUT2D eigenvalue weighted by atomic mass is 33.1. The molecule has 0 aliphatic heterocycles. The second-order valence-corrected chi connectivity index (χ2v) is 5.88. The Hall–Kier alpha value is 0.440. The first-order valence-corrected chi connectivity index (χ1v) is 6.19. The van der Waals surface area contributed by atoms with Gasteiger partial charge in [-0.05, 0) is 21.6 Å². The molecule has 0 aromatic carbocycles. The van der Waals surface area contributed by atoms with Crippen molar-refractivity contribution in [2.45, 2.75) is 0 Å². The number of hydrogen-bond donors (Lipinski definition) is 1. The lowest BCUT2D eigenvalue weighted by Crippen LogP contribution is -2.18. The van der Waals surface area contributed by atoms with Crippen LogP contribution in [-0.4, -0.2) is 46.6 Å². The third-order valence-electron chi connectivity index (χ3n) is 0.915. The van der Waals surface area contributed by atoms with E-state index in [1.807, 2.05) is 38.0 Å². The maximum Gasteiger partial charge on any atom is 0.146 e. The van der Waals surface area contributed by atoms with Crippen molar-refractivity contribution in [1.29, 1.82) is 0 Å². The van der Waals surface area contributed by atoms with Crippen LogP contribution >= 0.6 is 46.0 Å². The summed E-state index contributed by atoms with van der Waals surface area (Å²) in [7, 11) is 10.7. The molecule has 0 radical (unpaired) electrons. The van der Waals surface area contributed by atoms with E-state index in [1.165, 1.54) is 21.6 Å². The van der Waals surface area contributed by atoms with Crippen LogP contribution in [0.5, 0.6) is 0 Å². The molecule has 0 aromatic heterocycles. The van der Waals surface area contributed by atoms with Crippen LogP contribution in [-0.2, 0) is 0 Å². The Morgan fingerprint density at radius 2 is 1.08 bits per heavy atom. The Bertz CT molecular complexity index is 161. The summed E-state index contributed by atoms with van der Waals surface area (Å²) in [5.74, 6) is 0. The Balaban J connectivity index is 0. The minimum Gasteiger partial charge on any atom is -0.363 e. The van der Waals surface area contributed by atoms with Crippen molar-refractivity contribution >= 4 is 54.7 Å². The van der Waals surface area contributed by atoms with Gasteiger partial charge in [-0.3, -0.25) is 0 Å². The average molecular weight is 257 g/mol. The Labute approximate surface area is 98.6 Å². The summed E-state index contributed by atoms with van der Waals surface area (Å²) in [5, 5.41) is 0. The Morgan fingerprint density at radius 3 is 1.23 bits per heavy atom. The zero-order valence-corrected chi connectivity index (χ0v) is 11.5. The molecule has 0 atom stereocenters. The van der Waals surface area contributed by atoms with E-state index in [1.54, 1.807) is 0 Å². The maximum absolute atomic E-state index is 5.07. The first kappa shape index (κ1) is 15.9. The molecule has 7 heteroatoms. The quantitative estimate of drug-likeness (QED) is 0.527. The van der Waals surface area contributed by atoms with Crippen molar-refractivity contribution < 1.29 is 0 Å². The minimum absolute atomic E-state index is 0. The predicted molar refractivity (Wildman–Crippen MR) is 72.8 cm³/mol. The first-order chi connectivity index (χ1) is 5.45. The van der Waals surface area contributed by atoms with Gasteiger partial charge in [0.05, 0.1) is 0 Å². The summed E-state index contributed by atoms with van der Waals surface area (Å²) in [6, 6.07) is 0. The van der Waals surface area contributed by atoms with Crippen LogP contribution in [0.4, 0.5) is 0 Å². The Kier molecular flexibility index (Phi) is 9.55. The summed E-state index contributed by atoms with van der Waals surface area (Å²) >= 11 is 10.1. The molecule has 0 spiro atoms. The van der Waals surface area contributed by atoms with Crippen molar-refractivity contribution in [1.82, 2.24) is 16.0 Å². The van der Waals surface area contributed by atoms with Crippen LogP contribution in [0.25, 0.3) is 0 Å². The molecule has 0 fully saturated rings. The first-order valence-electron chi connectivity index (χ1n) is 3.22. The van der Waals surface area contributed by atoms with Crippen LogP contribution < -0.4 is 6.15 Å². The number of rotatable bonds is 0. The predicted octanol–water partition coefficient (Wildman–Crippen LogP) is 2.22. The highest BCUT2D eigenvalue weighted by Crippen LogP contribution is 2.26. The summed E-state index contributed by atoms with van der Waals surface area (Å²) in [6.07, 6.45) is 0. The lowest BCUT2D eigenvalue weighted by atomic mass is 11.0. The van der Waals surface area contributed by atoms with Gasteiger partial charge < -0.3 is 16.0 Å². The van der Waals surface area contributed by atoms with Crippen molar-refractivity contribution in [3.63, 3.8) is 0 Å². The van der Waals surface area contributed by atoms with Crippen molar-refractivity contribution in [3.05, 3.63) is 0 Å². The summed E-state index contributed by atoms with van der Waals surface area (Å²) in [5.41, 5.74) is 0. The van der Waals surface area contributed by atoms with E-state index < -0.39 is 0 Å². The van der Waals surface area contributed by atoms with Gasteiger partial charge in [-0.2, -0.15) is 0 Å². The fourth-order valence-corrected chi connectivity index (χ4v) is 2.60. The van der Waals surface area contributed by atoms with Gasteiger partial charge in [0.1, 0.15) is 8.64 Å². The standard InChI is InChI=1S/C6H12N2S4.H3N/c1-7(2)5(9)11-12-6(10)8(3)4;/h1-4H3;1H3. The zero-order valence-electron chi connectivity index (χ0n) is 8.23. The van der Waals surface area contributed by atoms with Crippen LogP contribution in [0, 0.1) is 0 Å². The summed E-state index contributed by atoms with van der Waals surface area (Å²) in [6.45, 7) is 0. The van der Waals surface area contributed by atoms with Gasteiger partial charge in [-0.15, -0.1) is 0 Å². The second-order valence-electron chi connectivity index (χ2n) is 2.49. The van der Waals surface area contributed by atoms with E-state index in [0.717, 1.165) is 8.64 Å². The fourth-order valence-electron chi connectivity index (χ4n) is 0.220. The molecule has 0 heterocycles. The van der Waals surface area contributed by atoms with E-state index >= 15 is 0 Å². The van der Waals surface area contributed by atoms with Gasteiger partial charge in [0.15, 0.2) is 0 Å². The minimum atomic E-state index is 0. The van der Waals surface area contributed by atoms with Crippen molar-refractivity contribution in [3.8, 4) is 0 Å². The lowest BCUT2D eigenvalue weighted by Gasteiger charge is -2.15. The molecule has 0 amide bonds. The zero-order chi connectivity index (χ0) is 9.72. The van der Waals surface area contributed by atoms with Gasteiger partial charge >= 0.3 is 0 Å². The number of thiocarbonyl (C=S) groups is 2. The van der Waals surface area contributed by atoms with Gasteiger partial charge in [0.2, 0.25) is 0 Å². The Morgan fingerprint density at radius 1 is 0.846 bits per heavy atom. The SMILES string of the molecule is CN(C)C(=S)SSC(=S)N(C)C.N. The highest BCUT2D eigenvalue weighted by Gasteiger charge is 2.04. The monoisotopic (exact) mass is 257 g/mol. The third kappa shape index (κ3) is 7.51. The average Bonchev–Trinajstić information content (AvgIpc) is 1.98. The van der Waals surface area contributed by atoms with E-state index in [4.69, 9.17) is 24.4 Å². The van der Waals surface area contributed by atoms with E-state index in [-0.39, 0.29) is 6.15 Å². The molecule has 3 nitrogen and oxygen atoms in total. The van der Waals surface area contributed by atoms with Crippen molar-refractivity contribution in [2.75, 3.05) is 28.2 Å². The van der Waals surface area contributed by atoms with Gasteiger partial charge in [-0.1, -0.05) is 24.4 Å².